The number of fused-ring (bicyclic) bond motifs is 3. The Balaban J connectivity index is 1.69. The van der Waals surface area contributed by atoms with E-state index in [1.54, 1.807) is 7.05 Å². The highest BCUT2D eigenvalue weighted by atomic mass is 16.5. The van der Waals surface area contributed by atoms with Gasteiger partial charge in [-0.25, -0.2) is 4.79 Å². The Morgan fingerprint density at radius 1 is 1.00 bits per heavy atom. The number of rotatable bonds is 9. The van der Waals surface area contributed by atoms with Gasteiger partial charge in [0, 0.05) is 19.0 Å². The van der Waals surface area contributed by atoms with Gasteiger partial charge in [0.1, 0.15) is 12.6 Å². The zero-order valence-corrected chi connectivity index (χ0v) is 18.7. The number of carbonyl (C=O) groups is 3. The number of likely N-dealkylation sites (N-methyl/N-ethyl adjacent to an activating group) is 1. The van der Waals surface area contributed by atoms with Gasteiger partial charge in [0.2, 0.25) is 5.91 Å². The summed E-state index contributed by atoms with van der Waals surface area (Å²) in [6, 6.07) is 14.8. The van der Waals surface area contributed by atoms with Crippen molar-refractivity contribution in [3.05, 3.63) is 59.7 Å². The minimum atomic E-state index is -1.19. The van der Waals surface area contributed by atoms with Crippen LogP contribution in [0.3, 0.4) is 0 Å². The standard InChI is InChI=1S/C25H30N2O5/c1-4-16(5-2)27(3)24(30)22(14-23(28)29)26-25(31)32-15-21-19-12-8-6-10-17(19)18-11-7-9-13-20(18)21/h6-13,16,21-22H,4-5,14-15H2,1-3H3,(H,26,31)(H,28,29). The van der Waals surface area contributed by atoms with Gasteiger partial charge in [0.05, 0.1) is 6.42 Å². The summed E-state index contributed by atoms with van der Waals surface area (Å²) in [5.41, 5.74) is 4.38. The van der Waals surface area contributed by atoms with Crippen LogP contribution in [0.2, 0.25) is 0 Å². The predicted octanol–water partition coefficient (Wildman–Crippen LogP) is 4.02. The van der Waals surface area contributed by atoms with Gasteiger partial charge in [0.15, 0.2) is 0 Å². The maximum atomic E-state index is 12.9. The van der Waals surface area contributed by atoms with Gasteiger partial charge in [-0.15, -0.1) is 0 Å². The number of amides is 2. The van der Waals surface area contributed by atoms with E-state index >= 15 is 0 Å². The smallest absolute Gasteiger partial charge is 0.407 e. The first-order valence-corrected chi connectivity index (χ1v) is 11.0. The maximum Gasteiger partial charge on any atom is 0.407 e. The highest BCUT2D eigenvalue weighted by molar-refractivity contribution is 5.89. The van der Waals surface area contributed by atoms with E-state index in [-0.39, 0.29) is 18.6 Å². The van der Waals surface area contributed by atoms with E-state index in [1.807, 2.05) is 62.4 Å². The lowest BCUT2D eigenvalue weighted by molar-refractivity contribution is -0.143. The molecule has 2 aromatic rings. The fourth-order valence-electron chi connectivity index (χ4n) is 4.42. The van der Waals surface area contributed by atoms with E-state index in [9.17, 15) is 19.5 Å². The minimum Gasteiger partial charge on any atom is -0.481 e. The van der Waals surface area contributed by atoms with Crippen LogP contribution in [0.5, 0.6) is 0 Å². The molecule has 32 heavy (non-hydrogen) atoms. The van der Waals surface area contributed by atoms with Crippen LogP contribution in [0.15, 0.2) is 48.5 Å². The predicted molar refractivity (Wildman–Crippen MR) is 121 cm³/mol. The first-order chi connectivity index (χ1) is 15.4. The molecule has 0 saturated carbocycles. The third kappa shape index (κ3) is 4.93. The number of hydrogen-bond acceptors (Lipinski definition) is 4. The fraction of sp³-hybridized carbons (Fsp3) is 0.400. The maximum absolute atomic E-state index is 12.9. The molecule has 0 fully saturated rings. The summed E-state index contributed by atoms with van der Waals surface area (Å²) in [6.45, 7) is 4.02. The van der Waals surface area contributed by atoms with Crippen LogP contribution in [0.4, 0.5) is 4.79 Å². The fourth-order valence-corrected chi connectivity index (χ4v) is 4.42. The molecule has 0 aromatic heterocycles. The van der Waals surface area contributed by atoms with Gasteiger partial charge in [-0.1, -0.05) is 62.4 Å². The van der Waals surface area contributed by atoms with Crippen molar-refractivity contribution in [2.45, 2.75) is 51.1 Å². The van der Waals surface area contributed by atoms with Crippen molar-refractivity contribution in [1.82, 2.24) is 10.2 Å². The molecule has 0 saturated heterocycles. The lowest BCUT2D eigenvalue weighted by atomic mass is 9.98. The molecule has 2 amide bonds. The molecule has 1 atom stereocenters. The summed E-state index contributed by atoms with van der Waals surface area (Å²) in [4.78, 5) is 38.2. The Hall–Kier alpha value is -3.35. The molecular formula is C25H30N2O5. The minimum absolute atomic E-state index is 0.0249. The van der Waals surface area contributed by atoms with E-state index in [0.29, 0.717) is 0 Å². The Morgan fingerprint density at radius 3 is 2.03 bits per heavy atom. The Morgan fingerprint density at radius 2 is 1.53 bits per heavy atom. The van der Waals surface area contributed by atoms with Crippen LogP contribution in [-0.4, -0.2) is 53.7 Å². The summed E-state index contributed by atoms with van der Waals surface area (Å²) in [5.74, 6) is -1.72. The second kappa shape index (κ2) is 10.3. The number of carbonyl (C=O) groups excluding carboxylic acids is 2. The van der Waals surface area contributed by atoms with E-state index < -0.39 is 30.4 Å². The van der Waals surface area contributed by atoms with Crippen LogP contribution in [0.1, 0.15) is 50.2 Å². The highest BCUT2D eigenvalue weighted by Gasteiger charge is 2.32. The molecule has 0 radical (unpaired) electrons. The number of nitrogens with zero attached hydrogens (tertiary/aromatic N) is 1. The summed E-state index contributed by atoms with van der Waals surface area (Å²) < 4.78 is 5.48. The zero-order chi connectivity index (χ0) is 23.3. The van der Waals surface area contributed by atoms with Gasteiger partial charge in [-0.3, -0.25) is 9.59 Å². The monoisotopic (exact) mass is 438 g/mol. The van der Waals surface area contributed by atoms with Crippen molar-refractivity contribution >= 4 is 18.0 Å². The summed E-state index contributed by atoms with van der Waals surface area (Å²) in [7, 11) is 1.63. The van der Waals surface area contributed by atoms with Gasteiger partial charge in [-0.05, 0) is 35.1 Å². The van der Waals surface area contributed by atoms with Crippen molar-refractivity contribution in [3.63, 3.8) is 0 Å². The van der Waals surface area contributed by atoms with Gasteiger partial charge >= 0.3 is 12.1 Å². The third-order valence-corrected chi connectivity index (χ3v) is 6.15. The molecule has 0 bridgehead atoms. The van der Waals surface area contributed by atoms with Crippen LogP contribution >= 0.6 is 0 Å². The van der Waals surface area contributed by atoms with Crippen molar-refractivity contribution in [3.8, 4) is 11.1 Å². The van der Waals surface area contributed by atoms with E-state index in [2.05, 4.69) is 5.32 Å². The summed E-state index contributed by atoms with van der Waals surface area (Å²) >= 11 is 0. The van der Waals surface area contributed by atoms with E-state index in [0.717, 1.165) is 35.1 Å². The molecule has 0 spiro atoms. The Kier molecular flexibility index (Phi) is 7.51. The molecule has 170 valence electrons. The number of hydrogen-bond donors (Lipinski definition) is 2. The van der Waals surface area contributed by atoms with Crippen molar-refractivity contribution in [1.29, 1.82) is 0 Å². The molecule has 3 rings (SSSR count). The second-order valence-corrected chi connectivity index (χ2v) is 8.04. The average Bonchev–Trinajstić information content (AvgIpc) is 3.11. The largest absolute Gasteiger partial charge is 0.481 e. The number of nitrogens with one attached hydrogen (secondary N) is 1. The molecule has 1 aliphatic rings. The van der Waals surface area contributed by atoms with Crippen molar-refractivity contribution in [2.75, 3.05) is 13.7 Å². The molecule has 7 nitrogen and oxygen atoms in total. The molecule has 2 N–H and O–H groups in total. The quantitative estimate of drug-likeness (QED) is 0.617. The molecule has 2 aromatic carbocycles. The third-order valence-electron chi connectivity index (χ3n) is 6.15. The van der Waals surface area contributed by atoms with Crippen molar-refractivity contribution < 1.29 is 24.2 Å². The van der Waals surface area contributed by atoms with Crippen LogP contribution in [0.25, 0.3) is 11.1 Å². The first-order valence-electron chi connectivity index (χ1n) is 11.0. The van der Waals surface area contributed by atoms with Gasteiger partial charge in [-0.2, -0.15) is 0 Å². The highest BCUT2D eigenvalue weighted by Crippen LogP contribution is 2.44. The Bertz CT molecular complexity index is 940. The number of aliphatic carboxylic acids is 1. The molecule has 0 aliphatic heterocycles. The van der Waals surface area contributed by atoms with Gasteiger partial charge < -0.3 is 20.1 Å². The summed E-state index contributed by atoms with van der Waals surface area (Å²) in [5, 5.41) is 11.7. The molecule has 1 unspecified atom stereocenters. The number of carboxylic acids is 1. The SMILES string of the molecule is CCC(CC)N(C)C(=O)C(CC(=O)O)NC(=O)OCC1c2ccccc2-c2ccccc21. The number of ether oxygens (including phenoxy) is 1. The van der Waals surface area contributed by atoms with Crippen LogP contribution in [0, 0.1) is 0 Å². The van der Waals surface area contributed by atoms with Crippen LogP contribution in [-0.2, 0) is 14.3 Å². The average molecular weight is 439 g/mol. The number of carboxylic acid groups (broad SMARTS) is 1. The second-order valence-electron chi connectivity index (χ2n) is 8.04. The van der Waals surface area contributed by atoms with E-state index in [1.165, 1.54) is 4.90 Å². The molecule has 0 heterocycles. The molecule has 1 aliphatic carbocycles. The first kappa shape index (κ1) is 23.3. The lowest BCUT2D eigenvalue weighted by Crippen LogP contribution is -2.51. The van der Waals surface area contributed by atoms with E-state index in [4.69, 9.17) is 4.74 Å². The van der Waals surface area contributed by atoms with Crippen LogP contribution < -0.4 is 5.32 Å². The summed E-state index contributed by atoms with van der Waals surface area (Å²) in [6.07, 6.45) is 0.171. The molecular weight excluding hydrogens is 408 g/mol. The lowest BCUT2D eigenvalue weighted by Gasteiger charge is -2.30. The number of alkyl carbamates (subject to hydrolysis) is 1. The molecule has 7 heteroatoms. The zero-order valence-electron chi connectivity index (χ0n) is 18.7. The van der Waals surface area contributed by atoms with Gasteiger partial charge in [0.25, 0.3) is 0 Å². The number of benzene rings is 2. The Labute approximate surface area is 188 Å². The normalized spacial score (nSPS) is 13.2. The topological polar surface area (TPSA) is 95.9 Å². The van der Waals surface area contributed by atoms with Crippen molar-refractivity contribution in [2.24, 2.45) is 0 Å².